The molecule has 2 atom stereocenters. The number of aryl methyl sites for hydroxylation is 1. The summed E-state index contributed by atoms with van der Waals surface area (Å²) in [5.74, 6) is 1.77. The Labute approximate surface area is 108 Å². The molecule has 4 nitrogen and oxygen atoms in total. The molecule has 0 spiro atoms. The summed E-state index contributed by atoms with van der Waals surface area (Å²) in [7, 11) is 0. The molecule has 1 amide bonds. The smallest absolute Gasteiger partial charge is 0.240 e. The Hall–Kier alpha value is -1.29. The van der Waals surface area contributed by atoms with E-state index in [1.54, 1.807) is 0 Å². The van der Waals surface area contributed by atoms with E-state index in [2.05, 4.69) is 17.6 Å². The van der Waals surface area contributed by atoms with E-state index in [1.807, 2.05) is 26.0 Å². The van der Waals surface area contributed by atoms with Gasteiger partial charge in [0.15, 0.2) is 0 Å². The quantitative estimate of drug-likeness (QED) is 0.862. The van der Waals surface area contributed by atoms with Crippen LogP contribution < -0.4 is 10.6 Å². The van der Waals surface area contributed by atoms with Gasteiger partial charge in [-0.25, -0.2) is 0 Å². The monoisotopic (exact) mass is 250 g/mol. The van der Waals surface area contributed by atoms with Gasteiger partial charge >= 0.3 is 0 Å². The number of nitrogens with one attached hydrogen (secondary N) is 2. The highest BCUT2D eigenvalue weighted by Crippen LogP contribution is 2.25. The molecule has 2 unspecified atom stereocenters. The predicted molar refractivity (Wildman–Crippen MR) is 70.3 cm³/mol. The summed E-state index contributed by atoms with van der Waals surface area (Å²) in [4.78, 5) is 12.4. The van der Waals surface area contributed by atoms with Crippen LogP contribution in [0.15, 0.2) is 16.5 Å². The molecule has 2 N–H and O–H groups in total. The van der Waals surface area contributed by atoms with E-state index in [0.717, 1.165) is 37.3 Å². The van der Waals surface area contributed by atoms with Crippen molar-refractivity contribution in [2.45, 2.75) is 51.6 Å². The normalized spacial score (nSPS) is 25.1. The predicted octanol–water partition coefficient (Wildman–Crippen LogP) is 2.30. The van der Waals surface area contributed by atoms with Gasteiger partial charge in [-0.15, -0.1) is 0 Å². The van der Waals surface area contributed by atoms with Crippen molar-refractivity contribution in [3.05, 3.63) is 23.7 Å². The van der Waals surface area contributed by atoms with Gasteiger partial charge in [0.25, 0.3) is 0 Å². The van der Waals surface area contributed by atoms with Crippen LogP contribution in [0.2, 0.25) is 0 Å². The van der Waals surface area contributed by atoms with E-state index in [9.17, 15) is 4.79 Å². The molecular formula is C14H22N2O2. The standard InChI is InChI=1S/C14H22N2O2/c1-4-14(8-5-9-15-14)13(17)16-11(3)12-7-6-10(2)18-12/h6-7,11,15H,4-5,8-9H2,1-3H3,(H,16,17). The molecule has 100 valence electrons. The number of hydrogen-bond donors (Lipinski definition) is 2. The SMILES string of the molecule is CCC1(C(=O)NC(C)c2ccc(C)o2)CCCN1. The van der Waals surface area contributed by atoms with Crippen LogP contribution in [0.25, 0.3) is 0 Å². The van der Waals surface area contributed by atoms with E-state index in [0.29, 0.717) is 0 Å². The Morgan fingerprint density at radius 1 is 1.61 bits per heavy atom. The zero-order chi connectivity index (χ0) is 13.2. The zero-order valence-corrected chi connectivity index (χ0v) is 11.4. The van der Waals surface area contributed by atoms with Crippen molar-refractivity contribution in [3.63, 3.8) is 0 Å². The molecule has 0 aliphatic carbocycles. The molecule has 1 fully saturated rings. The lowest BCUT2D eigenvalue weighted by Gasteiger charge is -2.28. The average molecular weight is 250 g/mol. The second-order valence-corrected chi connectivity index (χ2v) is 5.11. The molecule has 0 bridgehead atoms. The third-order valence-corrected chi connectivity index (χ3v) is 3.82. The maximum Gasteiger partial charge on any atom is 0.240 e. The van der Waals surface area contributed by atoms with E-state index < -0.39 is 0 Å². The first-order valence-electron chi connectivity index (χ1n) is 6.70. The molecule has 1 saturated heterocycles. The minimum absolute atomic E-state index is 0.0861. The van der Waals surface area contributed by atoms with Crippen LogP contribution in [0, 0.1) is 6.92 Å². The maximum absolute atomic E-state index is 12.4. The lowest BCUT2D eigenvalue weighted by Crippen LogP contribution is -2.53. The Morgan fingerprint density at radius 3 is 2.89 bits per heavy atom. The van der Waals surface area contributed by atoms with Gasteiger partial charge in [0, 0.05) is 0 Å². The van der Waals surface area contributed by atoms with Gasteiger partial charge in [0.05, 0.1) is 11.6 Å². The first-order valence-corrected chi connectivity index (χ1v) is 6.70. The van der Waals surface area contributed by atoms with Gasteiger partial charge in [-0.2, -0.15) is 0 Å². The summed E-state index contributed by atoms with van der Waals surface area (Å²) in [5.41, 5.74) is -0.379. The topological polar surface area (TPSA) is 54.3 Å². The second kappa shape index (κ2) is 5.14. The number of carbonyl (C=O) groups is 1. The lowest BCUT2D eigenvalue weighted by atomic mass is 9.93. The molecule has 4 heteroatoms. The highest BCUT2D eigenvalue weighted by atomic mass is 16.3. The lowest BCUT2D eigenvalue weighted by molar-refractivity contribution is -0.128. The Morgan fingerprint density at radius 2 is 2.39 bits per heavy atom. The molecule has 0 aromatic carbocycles. The largest absolute Gasteiger partial charge is 0.464 e. The third-order valence-electron chi connectivity index (χ3n) is 3.82. The molecule has 1 aliphatic heterocycles. The third kappa shape index (κ3) is 2.43. The minimum atomic E-state index is -0.379. The molecule has 0 radical (unpaired) electrons. The van der Waals surface area contributed by atoms with Crippen molar-refractivity contribution >= 4 is 5.91 Å². The highest BCUT2D eigenvalue weighted by Gasteiger charge is 2.39. The van der Waals surface area contributed by atoms with Gasteiger partial charge in [-0.05, 0) is 51.8 Å². The van der Waals surface area contributed by atoms with Gasteiger partial charge in [0.1, 0.15) is 11.5 Å². The Balaban J connectivity index is 2.02. The highest BCUT2D eigenvalue weighted by molar-refractivity contribution is 5.86. The number of carbonyl (C=O) groups excluding carboxylic acids is 1. The second-order valence-electron chi connectivity index (χ2n) is 5.11. The van der Waals surface area contributed by atoms with E-state index in [4.69, 9.17) is 4.42 Å². The van der Waals surface area contributed by atoms with Crippen molar-refractivity contribution in [1.29, 1.82) is 0 Å². The van der Waals surface area contributed by atoms with Crippen molar-refractivity contribution in [2.75, 3.05) is 6.54 Å². The minimum Gasteiger partial charge on any atom is -0.464 e. The average Bonchev–Trinajstić information content (AvgIpc) is 2.97. The van der Waals surface area contributed by atoms with Gasteiger partial charge in [-0.1, -0.05) is 6.92 Å². The van der Waals surface area contributed by atoms with Crippen LogP contribution in [-0.4, -0.2) is 18.0 Å². The van der Waals surface area contributed by atoms with Crippen molar-refractivity contribution in [3.8, 4) is 0 Å². The molecular weight excluding hydrogens is 228 g/mol. The first kappa shape index (κ1) is 13.1. The summed E-state index contributed by atoms with van der Waals surface area (Å²) in [6.07, 6.45) is 2.80. The summed E-state index contributed by atoms with van der Waals surface area (Å²) < 4.78 is 5.54. The molecule has 1 aromatic heterocycles. The number of rotatable bonds is 4. The van der Waals surface area contributed by atoms with Crippen molar-refractivity contribution in [2.24, 2.45) is 0 Å². The fourth-order valence-electron chi connectivity index (χ4n) is 2.55. The summed E-state index contributed by atoms with van der Waals surface area (Å²) >= 11 is 0. The summed E-state index contributed by atoms with van der Waals surface area (Å²) in [6, 6.07) is 3.75. The molecule has 18 heavy (non-hydrogen) atoms. The molecule has 0 saturated carbocycles. The van der Waals surface area contributed by atoms with Crippen molar-refractivity contribution < 1.29 is 9.21 Å². The molecule has 2 heterocycles. The zero-order valence-electron chi connectivity index (χ0n) is 11.4. The van der Waals surface area contributed by atoms with E-state index in [1.165, 1.54) is 0 Å². The first-order chi connectivity index (χ1) is 8.57. The summed E-state index contributed by atoms with van der Waals surface area (Å²) in [5, 5.41) is 6.39. The molecule has 1 aliphatic rings. The van der Waals surface area contributed by atoms with Gasteiger partial charge < -0.3 is 15.1 Å². The number of furan rings is 1. The number of amides is 1. The van der Waals surface area contributed by atoms with Crippen LogP contribution >= 0.6 is 0 Å². The van der Waals surface area contributed by atoms with Crippen LogP contribution in [0.3, 0.4) is 0 Å². The summed E-state index contributed by atoms with van der Waals surface area (Å²) in [6.45, 7) is 6.84. The maximum atomic E-state index is 12.4. The Kier molecular flexibility index (Phi) is 3.76. The Bertz CT molecular complexity index is 419. The molecule has 1 aromatic rings. The van der Waals surface area contributed by atoms with Gasteiger partial charge in [-0.3, -0.25) is 4.79 Å². The van der Waals surface area contributed by atoms with E-state index >= 15 is 0 Å². The van der Waals surface area contributed by atoms with Gasteiger partial charge in [0.2, 0.25) is 5.91 Å². The molecule has 2 rings (SSSR count). The van der Waals surface area contributed by atoms with Crippen LogP contribution in [0.5, 0.6) is 0 Å². The van der Waals surface area contributed by atoms with Crippen LogP contribution in [0.1, 0.15) is 50.7 Å². The van der Waals surface area contributed by atoms with Crippen molar-refractivity contribution in [1.82, 2.24) is 10.6 Å². The van der Waals surface area contributed by atoms with Crippen LogP contribution in [0.4, 0.5) is 0 Å². The fraction of sp³-hybridized carbons (Fsp3) is 0.643. The number of hydrogen-bond acceptors (Lipinski definition) is 3. The fourth-order valence-corrected chi connectivity index (χ4v) is 2.55. The van der Waals surface area contributed by atoms with Crippen LogP contribution in [-0.2, 0) is 4.79 Å². The van der Waals surface area contributed by atoms with E-state index in [-0.39, 0.29) is 17.5 Å².